The molecule has 1 aromatic carbocycles. The van der Waals surface area contributed by atoms with Gasteiger partial charge in [0.25, 0.3) is 0 Å². The number of benzene rings is 1. The van der Waals surface area contributed by atoms with Crippen molar-refractivity contribution in [3.05, 3.63) is 57.6 Å². The van der Waals surface area contributed by atoms with Crippen molar-refractivity contribution in [2.45, 2.75) is 32.0 Å². The van der Waals surface area contributed by atoms with Crippen LogP contribution in [0.5, 0.6) is 5.75 Å². The Bertz CT molecular complexity index is 1030. The highest BCUT2D eigenvalue weighted by atomic mass is 35.5. The molecule has 0 saturated heterocycles. The molecule has 0 bridgehead atoms. The van der Waals surface area contributed by atoms with Crippen molar-refractivity contribution in [2.75, 3.05) is 5.73 Å². The summed E-state index contributed by atoms with van der Waals surface area (Å²) in [6.07, 6.45) is 1.78. The van der Waals surface area contributed by atoms with E-state index < -0.39 is 11.9 Å². The van der Waals surface area contributed by atoms with Crippen molar-refractivity contribution < 1.29 is 9.13 Å². The highest BCUT2D eigenvalue weighted by Gasteiger charge is 2.22. The van der Waals surface area contributed by atoms with Crippen molar-refractivity contribution in [1.82, 2.24) is 14.8 Å². The second kappa shape index (κ2) is 7.24. The number of nitrogen functional groups attached to an aromatic ring is 1. The third-order valence-corrected chi connectivity index (χ3v) is 5.42. The highest BCUT2D eigenvalue weighted by molar-refractivity contribution is 6.36. The van der Waals surface area contributed by atoms with Gasteiger partial charge in [0.1, 0.15) is 11.9 Å². The molecule has 1 unspecified atom stereocenters. The lowest BCUT2D eigenvalue weighted by molar-refractivity contribution is 0.227. The standard InChI is InChI=1S/C19H18Cl2FN5O/c1-9(17-13(20)2-3-14(22)18(17)21)28-16-4-10(7-25-19(16)24)15-6-12-5-11(23)8-27(12)26-15/h2-4,6-7,9,11H,5,8,23H2,1H3,(H2,24,25)/t9-,11?/m1/s1. The number of aromatic nitrogens is 3. The van der Waals surface area contributed by atoms with Gasteiger partial charge in [0.15, 0.2) is 11.6 Å². The Labute approximate surface area is 171 Å². The summed E-state index contributed by atoms with van der Waals surface area (Å²) >= 11 is 12.3. The van der Waals surface area contributed by atoms with Gasteiger partial charge < -0.3 is 16.2 Å². The van der Waals surface area contributed by atoms with E-state index in [2.05, 4.69) is 10.1 Å². The fraction of sp³-hybridized carbons (Fsp3) is 0.263. The minimum absolute atomic E-state index is 0.0791. The van der Waals surface area contributed by atoms with E-state index in [4.69, 9.17) is 39.4 Å². The van der Waals surface area contributed by atoms with E-state index in [9.17, 15) is 4.39 Å². The number of hydrogen-bond donors (Lipinski definition) is 2. The molecule has 4 rings (SSSR count). The molecule has 0 aliphatic carbocycles. The molecule has 3 aromatic rings. The molecule has 2 atom stereocenters. The normalized spacial score (nSPS) is 16.8. The Balaban J connectivity index is 1.63. The average molecular weight is 422 g/mol. The molecule has 6 nitrogen and oxygen atoms in total. The zero-order chi connectivity index (χ0) is 20.0. The summed E-state index contributed by atoms with van der Waals surface area (Å²) in [5.41, 5.74) is 14.9. The summed E-state index contributed by atoms with van der Waals surface area (Å²) < 4.78 is 21.6. The van der Waals surface area contributed by atoms with Crippen LogP contribution in [0.2, 0.25) is 10.0 Å². The van der Waals surface area contributed by atoms with Crippen LogP contribution in [0.4, 0.5) is 10.2 Å². The number of halogens is 3. The van der Waals surface area contributed by atoms with E-state index in [0.29, 0.717) is 22.9 Å². The van der Waals surface area contributed by atoms with Crippen LogP contribution in [0.25, 0.3) is 11.3 Å². The van der Waals surface area contributed by atoms with Crippen molar-refractivity contribution in [3.8, 4) is 17.0 Å². The average Bonchev–Trinajstić information content (AvgIpc) is 3.18. The van der Waals surface area contributed by atoms with Gasteiger partial charge in [0.2, 0.25) is 0 Å². The first-order valence-electron chi connectivity index (χ1n) is 8.71. The number of rotatable bonds is 4. The van der Waals surface area contributed by atoms with E-state index in [0.717, 1.165) is 23.4 Å². The summed E-state index contributed by atoms with van der Waals surface area (Å²) in [4.78, 5) is 4.20. The SMILES string of the molecule is C[C@@H](Oc1cc(-c2cc3n(n2)CC(N)C3)cnc1N)c1c(Cl)ccc(F)c1Cl. The summed E-state index contributed by atoms with van der Waals surface area (Å²) in [5, 5.41) is 4.80. The van der Waals surface area contributed by atoms with Crippen LogP contribution < -0.4 is 16.2 Å². The third kappa shape index (κ3) is 3.41. The van der Waals surface area contributed by atoms with Crippen molar-refractivity contribution in [3.63, 3.8) is 0 Å². The number of ether oxygens (including phenoxy) is 1. The zero-order valence-electron chi connectivity index (χ0n) is 15.0. The fourth-order valence-corrected chi connectivity index (χ4v) is 4.01. The molecule has 0 radical (unpaired) electrons. The number of pyridine rings is 1. The number of nitrogens with zero attached hydrogens (tertiary/aromatic N) is 3. The predicted octanol–water partition coefficient (Wildman–Crippen LogP) is 4.00. The van der Waals surface area contributed by atoms with Crippen LogP contribution in [0, 0.1) is 5.82 Å². The number of nitrogens with two attached hydrogens (primary N) is 2. The van der Waals surface area contributed by atoms with Crippen LogP contribution in [-0.2, 0) is 13.0 Å². The van der Waals surface area contributed by atoms with Crippen LogP contribution in [0.15, 0.2) is 30.5 Å². The molecular formula is C19H18Cl2FN5O. The maximum atomic E-state index is 13.8. The van der Waals surface area contributed by atoms with Gasteiger partial charge in [-0.05, 0) is 31.2 Å². The van der Waals surface area contributed by atoms with Crippen molar-refractivity contribution >= 4 is 29.0 Å². The summed E-state index contributed by atoms with van der Waals surface area (Å²) in [6, 6.07) is 6.47. The first-order valence-corrected chi connectivity index (χ1v) is 9.47. The van der Waals surface area contributed by atoms with Gasteiger partial charge in [-0.25, -0.2) is 9.37 Å². The summed E-state index contributed by atoms with van der Waals surface area (Å²) in [5.74, 6) is -0.0265. The smallest absolute Gasteiger partial charge is 0.166 e. The summed E-state index contributed by atoms with van der Waals surface area (Å²) in [6.45, 7) is 2.40. The first kappa shape index (κ1) is 19.0. The summed E-state index contributed by atoms with van der Waals surface area (Å²) in [7, 11) is 0. The molecule has 3 heterocycles. The highest BCUT2D eigenvalue weighted by Crippen LogP contribution is 2.37. The van der Waals surface area contributed by atoms with Gasteiger partial charge in [-0.1, -0.05) is 23.2 Å². The number of hydrogen-bond acceptors (Lipinski definition) is 5. The lowest BCUT2D eigenvalue weighted by Crippen LogP contribution is -2.21. The minimum atomic E-state index is -0.639. The molecule has 2 aromatic heterocycles. The van der Waals surface area contributed by atoms with Crippen LogP contribution in [0.1, 0.15) is 24.3 Å². The molecule has 0 amide bonds. The third-order valence-electron chi connectivity index (χ3n) is 4.71. The molecule has 1 aliphatic rings. The Morgan fingerprint density at radius 1 is 1.32 bits per heavy atom. The molecule has 0 spiro atoms. The van der Waals surface area contributed by atoms with Gasteiger partial charge in [0, 0.05) is 40.5 Å². The second-order valence-electron chi connectivity index (χ2n) is 6.79. The maximum absolute atomic E-state index is 13.8. The molecule has 1 aliphatic heterocycles. The fourth-order valence-electron chi connectivity index (χ4n) is 3.33. The van der Waals surface area contributed by atoms with Gasteiger partial charge >= 0.3 is 0 Å². The van der Waals surface area contributed by atoms with Gasteiger partial charge in [-0.15, -0.1) is 0 Å². The minimum Gasteiger partial charge on any atom is -0.482 e. The molecule has 0 saturated carbocycles. The zero-order valence-corrected chi connectivity index (χ0v) is 16.5. The Morgan fingerprint density at radius 3 is 2.86 bits per heavy atom. The van der Waals surface area contributed by atoms with Gasteiger partial charge in [0.05, 0.1) is 17.3 Å². The molecule has 28 heavy (non-hydrogen) atoms. The van der Waals surface area contributed by atoms with Crippen LogP contribution in [-0.4, -0.2) is 20.8 Å². The first-order chi connectivity index (χ1) is 13.3. The van der Waals surface area contributed by atoms with Gasteiger partial charge in [-0.3, -0.25) is 4.68 Å². The molecule has 9 heteroatoms. The monoisotopic (exact) mass is 421 g/mol. The Kier molecular flexibility index (Phi) is 4.91. The van der Waals surface area contributed by atoms with Crippen molar-refractivity contribution in [1.29, 1.82) is 0 Å². The van der Waals surface area contributed by atoms with Crippen molar-refractivity contribution in [2.24, 2.45) is 5.73 Å². The quantitative estimate of drug-likeness (QED) is 0.621. The maximum Gasteiger partial charge on any atom is 0.166 e. The second-order valence-corrected chi connectivity index (χ2v) is 7.58. The topological polar surface area (TPSA) is 92.0 Å². The predicted molar refractivity (Wildman–Crippen MR) is 107 cm³/mol. The molecular weight excluding hydrogens is 404 g/mol. The number of anilines is 1. The van der Waals surface area contributed by atoms with Gasteiger partial charge in [-0.2, -0.15) is 5.10 Å². The van der Waals surface area contributed by atoms with Crippen LogP contribution >= 0.6 is 23.2 Å². The van der Waals surface area contributed by atoms with E-state index in [-0.39, 0.29) is 16.9 Å². The molecule has 0 fully saturated rings. The Morgan fingerprint density at radius 2 is 2.11 bits per heavy atom. The van der Waals surface area contributed by atoms with E-state index in [1.165, 1.54) is 12.1 Å². The molecule has 146 valence electrons. The molecule has 4 N–H and O–H groups in total. The lowest BCUT2D eigenvalue weighted by Gasteiger charge is -2.19. The van der Waals surface area contributed by atoms with E-state index in [1.54, 1.807) is 19.2 Å². The largest absolute Gasteiger partial charge is 0.482 e. The van der Waals surface area contributed by atoms with Crippen LogP contribution in [0.3, 0.4) is 0 Å². The number of fused-ring (bicyclic) bond motifs is 1. The Hall–Kier alpha value is -2.35. The van der Waals surface area contributed by atoms with E-state index in [1.807, 2.05) is 10.7 Å². The lowest BCUT2D eigenvalue weighted by atomic mass is 10.1. The van der Waals surface area contributed by atoms with E-state index >= 15 is 0 Å².